The predicted octanol–water partition coefficient (Wildman–Crippen LogP) is 2.93. The van der Waals surface area contributed by atoms with E-state index in [1.54, 1.807) is 40.0 Å². The Bertz CT molecular complexity index is 1330. The van der Waals surface area contributed by atoms with E-state index in [1.165, 1.54) is 12.3 Å². The molecule has 0 spiro atoms. The van der Waals surface area contributed by atoms with Crippen LogP contribution < -0.4 is 0 Å². The molecule has 158 valence electrons. The molecule has 0 amide bonds. The standard InChI is InChI=1S/C17H16F3N7O2S/c1-26-7-13(21-10-26)9-30(2,28)22-5-12-8-27-6-11(3-4-14(27)23-12)15-24-16(29-25-15)17(18,19)20/h3-4,6-8,10H,5,9H2,1-2H3. The summed E-state index contributed by atoms with van der Waals surface area (Å²) in [5, 5.41) is 3.37. The van der Waals surface area contributed by atoms with Gasteiger partial charge in [-0.15, -0.1) is 0 Å². The van der Waals surface area contributed by atoms with Crippen molar-refractivity contribution in [2.24, 2.45) is 11.4 Å². The third kappa shape index (κ3) is 4.35. The second-order valence-corrected chi connectivity index (χ2v) is 9.22. The first kappa shape index (κ1) is 20.1. The highest BCUT2D eigenvalue weighted by molar-refractivity contribution is 7.92. The zero-order valence-electron chi connectivity index (χ0n) is 15.9. The van der Waals surface area contributed by atoms with Crippen LogP contribution in [0, 0.1) is 0 Å². The first-order chi connectivity index (χ1) is 14.1. The number of hydrogen-bond donors (Lipinski definition) is 0. The van der Waals surface area contributed by atoms with Crippen LogP contribution in [0.25, 0.3) is 17.0 Å². The molecule has 0 bridgehead atoms. The van der Waals surface area contributed by atoms with E-state index in [4.69, 9.17) is 0 Å². The van der Waals surface area contributed by atoms with Crippen molar-refractivity contribution in [1.29, 1.82) is 0 Å². The number of alkyl halides is 3. The number of imidazole rings is 2. The Hall–Kier alpha value is -3.22. The molecule has 9 nitrogen and oxygen atoms in total. The van der Waals surface area contributed by atoms with Gasteiger partial charge < -0.3 is 13.5 Å². The summed E-state index contributed by atoms with van der Waals surface area (Å²) in [4.78, 5) is 11.9. The summed E-state index contributed by atoms with van der Waals surface area (Å²) in [5.74, 6) is -1.37. The Kier molecular flexibility index (Phi) is 4.84. The van der Waals surface area contributed by atoms with E-state index in [9.17, 15) is 17.4 Å². The van der Waals surface area contributed by atoms with E-state index < -0.39 is 21.8 Å². The minimum atomic E-state index is -4.71. The van der Waals surface area contributed by atoms with Crippen LogP contribution >= 0.6 is 0 Å². The molecule has 0 N–H and O–H groups in total. The van der Waals surface area contributed by atoms with Crippen molar-refractivity contribution in [3.05, 3.63) is 54.3 Å². The molecule has 0 radical (unpaired) electrons. The number of halogens is 3. The largest absolute Gasteiger partial charge is 0.471 e. The molecule has 0 fully saturated rings. The van der Waals surface area contributed by atoms with Gasteiger partial charge >= 0.3 is 12.1 Å². The summed E-state index contributed by atoms with van der Waals surface area (Å²) in [7, 11) is -0.680. The molecule has 4 aromatic heterocycles. The molecule has 0 aromatic carbocycles. The quantitative estimate of drug-likeness (QED) is 0.474. The van der Waals surface area contributed by atoms with Crippen LogP contribution in [-0.2, 0) is 35.3 Å². The van der Waals surface area contributed by atoms with E-state index in [1.807, 2.05) is 7.05 Å². The Morgan fingerprint density at radius 1 is 1.17 bits per heavy atom. The van der Waals surface area contributed by atoms with Gasteiger partial charge in [-0.25, -0.2) is 18.5 Å². The van der Waals surface area contributed by atoms with Crippen molar-refractivity contribution < 1.29 is 21.9 Å². The predicted molar refractivity (Wildman–Crippen MR) is 101 cm³/mol. The summed E-state index contributed by atoms with van der Waals surface area (Å²) >= 11 is 0. The van der Waals surface area contributed by atoms with E-state index in [0.29, 0.717) is 22.6 Å². The van der Waals surface area contributed by atoms with Gasteiger partial charge in [0, 0.05) is 47.2 Å². The zero-order chi connectivity index (χ0) is 21.5. The van der Waals surface area contributed by atoms with Crippen LogP contribution in [0.1, 0.15) is 17.3 Å². The van der Waals surface area contributed by atoms with Crippen LogP contribution in [0.5, 0.6) is 0 Å². The van der Waals surface area contributed by atoms with Gasteiger partial charge in [0.15, 0.2) is 0 Å². The molecular weight excluding hydrogens is 423 g/mol. The van der Waals surface area contributed by atoms with Crippen LogP contribution in [0.4, 0.5) is 13.2 Å². The number of aryl methyl sites for hydroxylation is 1. The molecule has 0 aliphatic heterocycles. The Balaban J connectivity index is 1.55. The maximum absolute atomic E-state index is 12.7. The highest BCUT2D eigenvalue weighted by Gasteiger charge is 2.38. The van der Waals surface area contributed by atoms with Gasteiger partial charge in [0.2, 0.25) is 5.82 Å². The number of nitrogens with zero attached hydrogens (tertiary/aromatic N) is 7. The van der Waals surface area contributed by atoms with Crippen molar-refractivity contribution in [3.63, 3.8) is 0 Å². The first-order valence-corrected chi connectivity index (χ1v) is 10.7. The number of pyridine rings is 1. The summed E-state index contributed by atoms with van der Waals surface area (Å²) < 4.78 is 62.6. The van der Waals surface area contributed by atoms with E-state index in [-0.39, 0.29) is 18.1 Å². The normalized spacial score (nSPS) is 14.2. The summed E-state index contributed by atoms with van der Waals surface area (Å²) in [5.41, 5.74) is 2.13. The Morgan fingerprint density at radius 2 is 1.97 bits per heavy atom. The lowest BCUT2D eigenvalue weighted by atomic mass is 10.3. The Labute approximate surface area is 168 Å². The maximum Gasteiger partial charge on any atom is 0.471 e. The monoisotopic (exact) mass is 439 g/mol. The fourth-order valence-electron chi connectivity index (χ4n) is 2.77. The maximum atomic E-state index is 12.7. The molecular formula is C17H16F3N7O2S. The number of fused-ring (bicyclic) bond motifs is 1. The second-order valence-electron chi connectivity index (χ2n) is 6.76. The number of hydrogen-bond acceptors (Lipinski definition) is 7. The van der Waals surface area contributed by atoms with Gasteiger partial charge in [-0.05, 0) is 12.1 Å². The molecule has 1 unspecified atom stereocenters. The lowest BCUT2D eigenvalue weighted by Gasteiger charge is -2.01. The van der Waals surface area contributed by atoms with Gasteiger partial charge in [-0.2, -0.15) is 18.2 Å². The molecule has 30 heavy (non-hydrogen) atoms. The van der Waals surface area contributed by atoms with Gasteiger partial charge in [0.25, 0.3) is 0 Å². The van der Waals surface area contributed by atoms with Crippen LogP contribution in [0.15, 0.2) is 45.9 Å². The molecule has 4 aromatic rings. The van der Waals surface area contributed by atoms with Crippen molar-refractivity contribution in [1.82, 2.24) is 29.1 Å². The van der Waals surface area contributed by atoms with E-state index in [2.05, 4.69) is 29.0 Å². The summed E-state index contributed by atoms with van der Waals surface area (Å²) in [6.07, 6.45) is 3.46. The third-order valence-corrected chi connectivity index (χ3v) is 5.61. The molecule has 0 saturated heterocycles. The topological polar surface area (TPSA) is 103 Å². The SMILES string of the molecule is Cn1cnc(CS(C)(=O)=NCc2cn3cc(-c4noc(C(F)(F)F)n4)ccc3n2)c1. The minimum absolute atomic E-state index is 0.125. The highest BCUT2D eigenvalue weighted by atomic mass is 32.2. The molecule has 0 saturated carbocycles. The second kappa shape index (κ2) is 7.23. The molecule has 0 aliphatic carbocycles. The van der Waals surface area contributed by atoms with Gasteiger partial charge in [-0.3, -0.25) is 0 Å². The molecule has 1 atom stereocenters. The fourth-order valence-corrected chi connectivity index (χ4v) is 3.97. The van der Waals surface area contributed by atoms with Crippen molar-refractivity contribution in [2.75, 3.05) is 6.26 Å². The summed E-state index contributed by atoms with van der Waals surface area (Å²) in [6, 6.07) is 3.15. The van der Waals surface area contributed by atoms with E-state index >= 15 is 0 Å². The molecule has 4 rings (SSSR count). The zero-order valence-corrected chi connectivity index (χ0v) is 16.7. The van der Waals surface area contributed by atoms with Crippen molar-refractivity contribution in [3.8, 4) is 11.4 Å². The van der Waals surface area contributed by atoms with Crippen LogP contribution in [0.2, 0.25) is 0 Å². The molecule has 13 heteroatoms. The fraction of sp³-hybridized carbons (Fsp3) is 0.294. The molecule has 0 aliphatic rings. The van der Waals surface area contributed by atoms with Gasteiger partial charge in [-0.1, -0.05) is 5.16 Å². The number of aromatic nitrogens is 6. The number of rotatable bonds is 5. The summed E-state index contributed by atoms with van der Waals surface area (Å²) in [6.45, 7) is 0.125. The first-order valence-electron chi connectivity index (χ1n) is 8.60. The van der Waals surface area contributed by atoms with Crippen molar-refractivity contribution in [2.45, 2.75) is 18.5 Å². The van der Waals surface area contributed by atoms with E-state index in [0.717, 1.165) is 0 Å². The lowest BCUT2D eigenvalue weighted by molar-refractivity contribution is -0.159. The lowest BCUT2D eigenvalue weighted by Crippen LogP contribution is -2.04. The molecule has 4 heterocycles. The van der Waals surface area contributed by atoms with Gasteiger partial charge in [0.1, 0.15) is 5.65 Å². The Morgan fingerprint density at radius 3 is 2.63 bits per heavy atom. The minimum Gasteiger partial charge on any atom is -0.340 e. The highest BCUT2D eigenvalue weighted by Crippen LogP contribution is 2.29. The van der Waals surface area contributed by atoms with Crippen LogP contribution in [0.3, 0.4) is 0 Å². The van der Waals surface area contributed by atoms with Crippen LogP contribution in [-0.4, -0.2) is 39.5 Å². The smallest absolute Gasteiger partial charge is 0.340 e. The van der Waals surface area contributed by atoms with Gasteiger partial charge in [0.05, 0.1) is 30.0 Å². The average molecular weight is 439 g/mol. The van der Waals surface area contributed by atoms with Crippen molar-refractivity contribution >= 4 is 15.4 Å². The average Bonchev–Trinajstić information content (AvgIpc) is 3.37. The third-order valence-electron chi connectivity index (χ3n) is 4.10.